The summed E-state index contributed by atoms with van der Waals surface area (Å²) < 4.78 is 5.66. The van der Waals surface area contributed by atoms with E-state index in [1.165, 1.54) is 25.7 Å². The topological polar surface area (TPSA) is 46.5 Å². The summed E-state index contributed by atoms with van der Waals surface area (Å²) in [6.45, 7) is -0.462. The molecule has 0 amide bonds. The normalized spacial score (nSPS) is 55.9. The van der Waals surface area contributed by atoms with Crippen molar-refractivity contribution in [1.29, 1.82) is 0 Å². The molecule has 4 saturated carbocycles. The fourth-order valence-corrected chi connectivity index (χ4v) is 5.73. The molecule has 4 aliphatic carbocycles. The Balaban J connectivity index is 1.69. The van der Waals surface area contributed by atoms with Gasteiger partial charge in [0, 0.05) is 5.41 Å². The minimum absolute atomic E-state index is 0.159. The van der Waals surface area contributed by atoms with E-state index in [0.29, 0.717) is 5.41 Å². The number of carbonyl (C=O) groups is 1. The Labute approximate surface area is 95.2 Å². The first-order valence-electron chi connectivity index (χ1n) is 6.50. The van der Waals surface area contributed by atoms with Crippen molar-refractivity contribution in [2.45, 2.75) is 44.1 Å². The van der Waals surface area contributed by atoms with Crippen LogP contribution in [0, 0.1) is 23.2 Å². The van der Waals surface area contributed by atoms with Gasteiger partial charge in [-0.25, -0.2) is 4.79 Å². The Morgan fingerprint density at radius 2 is 2.00 bits per heavy atom. The summed E-state index contributed by atoms with van der Waals surface area (Å²) >= 11 is 0. The van der Waals surface area contributed by atoms with Gasteiger partial charge in [-0.3, -0.25) is 0 Å². The highest BCUT2D eigenvalue weighted by molar-refractivity contribution is 5.71. The van der Waals surface area contributed by atoms with E-state index in [9.17, 15) is 4.79 Å². The number of esters is 1. The van der Waals surface area contributed by atoms with Gasteiger partial charge >= 0.3 is 5.97 Å². The lowest BCUT2D eigenvalue weighted by molar-refractivity contribution is -0.217. The molecule has 3 heteroatoms. The van der Waals surface area contributed by atoms with E-state index in [0.717, 1.165) is 30.6 Å². The van der Waals surface area contributed by atoms with Gasteiger partial charge in [0.1, 0.15) is 12.2 Å². The van der Waals surface area contributed by atoms with E-state index in [4.69, 9.17) is 9.84 Å². The second-order valence-electron chi connectivity index (χ2n) is 6.50. The number of carbonyl (C=O) groups excluding carboxylic acids is 1. The molecule has 3 bridgehead atoms. The second kappa shape index (κ2) is 2.63. The zero-order valence-electron chi connectivity index (χ0n) is 9.45. The number of aliphatic hydroxyl groups excluding tert-OH is 1. The molecule has 4 aliphatic rings. The highest BCUT2D eigenvalue weighted by Gasteiger charge is 2.76. The first kappa shape index (κ1) is 9.46. The summed E-state index contributed by atoms with van der Waals surface area (Å²) in [6.07, 6.45) is 7.45. The van der Waals surface area contributed by atoms with Crippen LogP contribution in [0.2, 0.25) is 0 Å². The van der Waals surface area contributed by atoms with Crippen LogP contribution in [0.25, 0.3) is 0 Å². The number of rotatable bonds is 2. The number of fused-ring (bicyclic) bond motifs is 2. The van der Waals surface area contributed by atoms with Crippen molar-refractivity contribution in [3.63, 3.8) is 0 Å². The van der Waals surface area contributed by atoms with Gasteiger partial charge in [0.15, 0.2) is 0 Å². The van der Waals surface area contributed by atoms with Crippen molar-refractivity contribution in [3.05, 3.63) is 0 Å². The van der Waals surface area contributed by atoms with Crippen LogP contribution in [-0.4, -0.2) is 23.3 Å². The molecule has 0 aromatic rings. The lowest BCUT2D eigenvalue weighted by Gasteiger charge is -2.57. The predicted molar refractivity (Wildman–Crippen MR) is 56.5 cm³/mol. The van der Waals surface area contributed by atoms with E-state index in [2.05, 4.69) is 0 Å². The van der Waals surface area contributed by atoms with Crippen LogP contribution < -0.4 is 0 Å². The van der Waals surface area contributed by atoms with Crippen molar-refractivity contribution in [1.82, 2.24) is 0 Å². The van der Waals surface area contributed by atoms with Crippen molar-refractivity contribution < 1.29 is 14.6 Å². The molecule has 4 rings (SSSR count). The molecule has 0 aromatic heterocycles. The van der Waals surface area contributed by atoms with E-state index >= 15 is 0 Å². The van der Waals surface area contributed by atoms with Gasteiger partial charge in [-0.1, -0.05) is 0 Å². The maximum atomic E-state index is 11.4. The molecule has 16 heavy (non-hydrogen) atoms. The maximum absolute atomic E-state index is 11.4. The third-order valence-corrected chi connectivity index (χ3v) is 5.91. The second-order valence-corrected chi connectivity index (χ2v) is 6.50. The summed E-state index contributed by atoms with van der Waals surface area (Å²) in [5.41, 5.74) is 0.179. The van der Waals surface area contributed by atoms with Gasteiger partial charge in [0.05, 0.1) is 0 Å². The zero-order chi connectivity index (χ0) is 11.0. The lowest BCUT2D eigenvalue weighted by Crippen LogP contribution is -2.60. The van der Waals surface area contributed by atoms with Crippen LogP contribution in [0.3, 0.4) is 0 Å². The summed E-state index contributed by atoms with van der Waals surface area (Å²) in [4.78, 5) is 11.4. The smallest absolute Gasteiger partial charge is 0.332 e. The molecule has 0 saturated heterocycles. The van der Waals surface area contributed by atoms with Crippen LogP contribution in [0.15, 0.2) is 0 Å². The van der Waals surface area contributed by atoms with Crippen LogP contribution in [0.1, 0.15) is 38.5 Å². The molecule has 88 valence electrons. The molecule has 1 N–H and O–H groups in total. The molecule has 0 heterocycles. The largest absolute Gasteiger partial charge is 0.457 e. The Bertz CT molecular complexity index is 360. The fraction of sp³-hybridized carbons (Fsp3) is 0.923. The third-order valence-electron chi connectivity index (χ3n) is 5.91. The molecule has 1 spiro atoms. The Morgan fingerprint density at radius 1 is 1.19 bits per heavy atom. The highest BCUT2D eigenvalue weighted by atomic mass is 16.6. The summed E-state index contributed by atoms with van der Waals surface area (Å²) in [5.74, 6) is 2.10. The molecule has 0 radical (unpaired) electrons. The van der Waals surface area contributed by atoms with Gasteiger partial charge < -0.3 is 9.84 Å². The zero-order valence-corrected chi connectivity index (χ0v) is 9.45. The van der Waals surface area contributed by atoms with E-state index < -0.39 is 12.6 Å². The maximum Gasteiger partial charge on any atom is 0.332 e. The average Bonchev–Trinajstić information content (AvgIpc) is 2.55. The van der Waals surface area contributed by atoms with Crippen molar-refractivity contribution in [2.24, 2.45) is 23.2 Å². The van der Waals surface area contributed by atoms with Gasteiger partial charge in [-0.05, 0) is 56.3 Å². The summed E-state index contributed by atoms with van der Waals surface area (Å²) in [6, 6.07) is 0. The average molecular weight is 222 g/mol. The van der Waals surface area contributed by atoms with Crippen LogP contribution in [-0.2, 0) is 9.53 Å². The van der Waals surface area contributed by atoms with E-state index in [1.807, 2.05) is 0 Å². The Morgan fingerprint density at radius 3 is 2.81 bits per heavy atom. The van der Waals surface area contributed by atoms with Gasteiger partial charge in [-0.2, -0.15) is 0 Å². The third kappa shape index (κ3) is 0.849. The first-order valence-corrected chi connectivity index (χ1v) is 6.50. The molecule has 5 atom stereocenters. The van der Waals surface area contributed by atoms with Crippen molar-refractivity contribution >= 4 is 5.97 Å². The van der Waals surface area contributed by atoms with Gasteiger partial charge in [0.25, 0.3) is 0 Å². The lowest BCUT2D eigenvalue weighted by atomic mass is 9.52. The standard InChI is InChI=1S/C13H18O3/c14-7-11(15)16-13-5-9-1-8-2-10(6-13)12(13,3-8)4-9/h8-10,14H,1-7H2. The van der Waals surface area contributed by atoms with Crippen LogP contribution in [0.4, 0.5) is 0 Å². The monoisotopic (exact) mass is 222 g/mol. The highest BCUT2D eigenvalue weighted by Crippen LogP contribution is 2.78. The van der Waals surface area contributed by atoms with E-state index in [1.54, 1.807) is 0 Å². The van der Waals surface area contributed by atoms with Crippen LogP contribution in [0.5, 0.6) is 0 Å². The number of ether oxygens (including phenoxy) is 1. The minimum Gasteiger partial charge on any atom is -0.457 e. The summed E-state index contributed by atoms with van der Waals surface area (Å²) in [5, 5.41) is 8.86. The quantitative estimate of drug-likeness (QED) is 0.720. The number of hydrogen-bond donors (Lipinski definition) is 1. The summed E-state index contributed by atoms with van der Waals surface area (Å²) in [7, 11) is 0. The number of aliphatic hydroxyl groups is 1. The SMILES string of the molecule is O=C(CO)OC12CC3CC4CC(C1)C2(C4)C3. The molecule has 4 fully saturated rings. The number of hydrogen-bond acceptors (Lipinski definition) is 3. The fourth-order valence-electron chi connectivity index (χ4n) is 5.73. The molecule has 5 unspecified atom stereocenters. The Kier molecular flexibility index (Phi) is 1.56. The molecule has 0 aliphatic heterocycles. The van der Waals surface area contributed by atoms with Crippen molar-refractivity contribution in [2.75, 3.05) is 6.61 Å². The van der Waals surface area contributed by atoms with Crippen molar-refractivity contribution in [3.8, 4) is 0 Å². The predicted octanol–water partition coefficient (Wildman–Crippen LogP) is 1.49. The van der Waals surface area contributed by atoms with Gasteiger partial charge in [-0.15, -0.1) is 0 Å². The van der Waals surface area contributed by atoms with Crippen LogP contribution >= 0.6 is 0 Å². The molecule has 0 aromatic carbocycles. The minimum atomic E-state index is -0.462. The van der Waals surface area contributed by atoms with E-state index in [-0.39, 0.29) is 5.60 Å². The Hall–Kier alpha value is -0.570. The molecule has 3 nitrogen and oxygen atoms in total. The first-order chi connectivity index (χ1) is 7.67. The molecular formula is C13H18O3. The molecular weight excluding hydrogens is 204 g/mol. The van der Waals surface area contributed by atoms with Gasteiger partial charge in [0.2, 0.25) is 0 Å².